The van der Waals surface area contributed by atoms with Gasteiger partial charge < -0.3 is 10.1 Å². The molecule has 0 spiro atoms. The molecule has 1 aromatic carbocycles. The first kappa shape index (κ1) is 22.5. The molecular formula is C28H37N3O2. The Morgan fingerprint density at radius 3 is 2.48 bits per heavy atom. The topological polar surface area (TPSA) is 64.1 Å². The van der Waals surface area contributed by atoms with Gasteiger partial charge in [0.2, 0.25) is 0 Å². The highest BCUT2D eigenvalue weighted by atomic mass is 16.5. The Hall–Kier alpha value is -2.27. The van der Waals surface area contributed by atoms with Crippen LogP contribution in [-0.2, 0) is 11.2 Å². The second kappa shape index (κ2) is 9.17. The molecule has 1 saturated carbocycles. The number of rotatable bonds is 7. The molecular weight excluding hydrogens is 410 g/mol. The van der Waals surface area contributed by atoms with Crippen molar-refractivity contribution in [3.05, 3.63) is 46.9 Å². The number of Topliss-reactive ketones (excluding diaryl/α,β-unsaturated/α-hetero) is 1. The number of ketones is 1. The SMILES string of the molecule is CC(C)CC1Cc2c(Nc3ccc(C(C)C)cc3)nc(C3CCOC(C4CC4)C3)nc2C1=O. The molecule has 1 saturated heterocycles. The quantitative estimate of drug-likeness (QED) is 0.531. The number of carbonyl (C=O) groups is 1. The number of anilines is 2. The zero-order valence-corrected chi connectivity index (χ0v) is 20.4. The molecule has 0 amide bonds. The van der Waals surface area contributed by atoms with Gasteiger partial charge in [0, 0.05) is 29.7 Å². The largest absolute Gasteiger partial charge is 0.378 e. The van der Waals surface area contributed by atoms with Gasteiger partial charge in [0.25, 0.3) is 0 Å². The summed E-state index contributed by atoms with van der Waals surface area (Å²) >= 11 is 0. The van der Waals surface area contributed by atoms with Crippen molar-refractivity contribution in [2.24, 2.45) is 17.8 Å². The highest BCUT2D eigenvalue weighted by Gasteiger charge is 2.39. The Kier molecular flexibility index (Phi) is 6.26. The summed E-state index contributed by atoms with van der Waals surface area (Å²) in [6, 6.07) is 8.56. The van der Waals surface area contributed by atoms with E-state index >= 15 is 0 Å². The lowest BCUT2D eigenvalue weighted by Crippen LogP contribution is -2.27. The maximum Gasteiger partial charge on any atom is 0.185 e. The summed E-state index contributed by atoms with van der Waals surface area (Å²) in [5.41, 5.74) is 3.97. The van der Waals surface area contributed by atoms with Crippen molar-refractivity contribution in [2.45, 2.75) is 84.2 Å². The Morgan fingerprint density at radius 2 is 1.82 bits per heavy atom. The van der Waals surface area contributed by atoms with E-state index < -0.39 is 0 Å². The van der Waals surface area contributed by atoms with E-state index in [9.17, 15) is 4.79 Å². The van der Waals surface area contributed by atoms with Crippen LogP contribution in [0.3, 0.4) is 0 Å². The van der Waals surface area contributed by atoms with Crippen molar-refractivity contribution in [1.82, 2.24) is 9.97 Å². The molecule has 3 aliphatic rings. The van der Waals surface area contributed by atoms with Crippen LogP contribution in [0.1, 0.15) is 99.1 Å². The molecule has 5 heteroatoms. The average molecular weight is 448 g/mol. The van der Waals surface area contributed by atoms with Crippen molar-refractivity contribution < 1.29 is 9.53 Å². The number of fused-ring (bicyclic) bond motifs is 1. The van der Waals surface area contributed by atoms with Crippen molar-refractivity contribution in [3.63, 3.8) is 0 Å². The molecule has 1 aromatic heterocycles. The Bertz CT molecular complexity index is 1010. The minimum absolute atomic E-state index is 0.0160. The van der Waals surface area contributed by atoms with Gasteiger partial charge in [-0.1, -0.05) is 39.8 Å². The van der Waals surface area contributed by atoms with Crippen LogP contribution in [0.2, 0.25) is 0 Å². The zero-order valence-electron chi connectivity index (χ0n) is 20.4. The average Bonchev–Trinajstić information content (AvgIpc) is 3.60. The maximum atomic E-state index is 13.3. The number of ether oxygens (including phenoxy) is 1. The number of aromatic nitrogens is 2. The first-order chi connectivity index (χ1) is 15.9. The van der Waals surface area contributed by atoms with E-state index in [1.54, 1.807) is 0 Å². The van der Waals surface area contributed by atoms with Gasteiger partial charge in [0.05, 0.1) is 6.10 Å². The van der Waals surface area contributed by atoms with Crippen LogP contribution in [0, 0.1) is 17.8 Å². The van der Waals surface area contributed by atoms with Gasteiger partial charge >= 0.3 is 0 Å². The van der Waals surface area contributed by atoms with Gasteiger partial charge in [0.15, 0.2) is 5.78 Å². The molecule has 2 heterocycles. The summed E-state index contributed by atoms with van der Waals surface area (Å²) in [7, 11) is 0. The lowest BCUT2D eigenvalue weighted by atomic mass is 9.92. The van der Waals surface area contributed by atoms with Crippen molar-refractivity contribution in [1.29, 1.82) is 0 Å². The fraction of sp³-hybridized carbons (Fsp3) is 0.607. The van der Waals surface area contributed by atoms with E-state index in [-0.39, 0.29) is 17.6 Å². The summed E-state index contributed by atoms with van der Waals surface area (Å²) in [5, 5.41) is 3.56. The van der Waals surface area contributed by atoms with Crippen LogP contribution in [0.4, 0.5) is 11.5 Å². The maximum absolute atomic E-state index is 13.3. The molecule has 1 aliphatic heterocycles. The molecule has 5 nitrogen and oxygen atoms in total. The third kappa shape index (κ3) is 4.84. The molecule has 0 radical (unpaired) electrons. The predicted octanol–water partition coefficient (Wildman–Crippen LogP) is 6.42. The smallest absolute Gasteiger partial charge is 0.185 e. The van der Waals surface area contributed by atoms with Crippen molar-refractivity contribution in [2.75, 3.05) is 11.9 Å². The van der Waals surface area contributed by atoms with Crippen LogP contribution in [-0.4, -0.2) is 28.5 Å². The van der Waals surface area contributed by atoms with Gasteiger partial charge in [0.1, 0.15) is 17.3 Å². The van der Waals surface area contributed by atoms with Crippen LogP contribution >= 0.6 is 0 Å². The Labute approximate surface area is 197 Å². The molecule has 2 aromatic rings. The van der Waals surface area contributed by atoms with Gasteiger partial charge in [-0.2, -0.15) is 0 Å². The third-order valence-electron chi connectivity index (χ3n) is 7.50. The van der Waals surface area contributed by atoms with Crippen LogP contribution < -0.4 is 5.32 Å². The zero-order chi connectivity index (χ0) is 23.1. The number of hydrogen-bond donors (Lipinski definition) is 1. The normalized spacial score (nSPS) is 25.0. The fourth-order valence-electron chi connectivity index (χ4n) is 5.42. The summed E-state index contributed by atoms with van der Waals surface area (Å²) in [6.45, 7) is 9.53. The van der Waals surface area contributed by atoms with Gasteiger partial charge in [-0.05, 0) is 74.0 Å². The third-order valence-corrected chi connectivity index (χ3v) is 7.50. The van der Waals surface area contributed by atoms with Crippen LogP contribution in [0.25, 0.3) is 0 Å². The molecule has 5 rings (SSSR count). The van der Waals surface area contributed by atoms with Gasteiger partial charge in [-0.3, -0.25) is 4.79 Å². The van der Waals surface area contributed by atoms with E-state index in [1.165, 1.54) is 18.4 Å². The van der Waals surface area contributed by atoms with E-state index in [2.05, 4.69) is 57.3 Å². The lowest BCUT2D eigenvalue weighted by molar-refractivity contribution is -0.00767. The highest BCUT2D eigenvalue weighted by Crippen LogP contribution is 2.43. The molecule has 1 N–H and O–H groups in total. The van der Waals surface area contributed by atoms with Crippen LogP contribution in [0.5, 0.6) is 0 Å². The van der Waals surface area contributed by atoms with E-state index in [0.717, 1.165) is 55.2 Å². The Balaban J connectivity index is 1.47. The number of carbonyl (C=O) groups excluding carboxylic acids is 1. The van der Waals surface area contributed by atoms with Gasteiger partial charge in [-0.15, -0.1) is 0 Å². The Morgan fingerprint density at radius 1 is 1.06 bits per heavy atom. The second-order valence-electron chi connectivity index (χ2n) is 11.0. The number of hydrogen-bond acceptors (Lipinski definition) is 5. The van der Waals surface area contributed by atoms with E-state index in [0.29, 0.717) is 29.6 Å². The number of nitrogens with zero attached hydrogens (tertiary/aromatic N) is 2. The molecule has 2 fully saturated rings. The molecule has 3 atom stereocenters. The monoisotopic (exact) mass is 447 g/mol. The van der Waals surface area contributed by atoms with Crippen molar-refractivity contribution >= 4 is 17.3 Å². The van der Waals surface area contributed by atoms with E-state index in [4.69, 9.17) is 14.7 Å². The second-order valence-corrected chi connectivity index (χ2v) is 11.0. The lowest BCUT2D eigenvalue weighted by Gasteiger charge is -2.29. The number of benzene rings is 1. The standard InChI is InChI=1S/C28H37N3O2/c1-16(2)13-21-14-23-25(26(21)32)30-27(20-11-12-33-24(15-20)19-5-6-19)31-28(23)29-22-9-7-18(8-10-22)17(3)4/h7-10,16-17,19-21,24H,5-6,11-15H2,1-4H3,(H,29,30,31). The summed E-state index contributed by atoms with van der Waals surface area (Å²) < 4.78 is 6.05. The molecule has 2 aliphatic carbocycles. The van der Waals surface area contributed by atoms with E-state index in [1.807, 2.05) is 0 Å². The molecule has 3 unspecified atom stereocenters. The van der Waals surface area contributed by atoms with Gasteiger partial charge in [-0.25, -0.2) is 9.97 Å². The predicted molar refractivity (Wildman–Crippen MR) is 131 cm³/mol. The summed E-state index contributed by atoms with van der Waals surface area (Å²) in [5.74, 6) is 3.80. The molecule has 33 heavy (non-hydrogen) atoms. The fourth-order valence-corrected chi connectivity index (χ4v) is 5.42. The minimum Gasteiger partial charge on any atom is -0.378 e. The minimum atomic E-state index is 0.0160. The molecule has 176 valence electrons. The molecule has 0 bridgehead atoms. The summed E-state index contributed by atoms with van der Waals surface area (Å²) in [4.78, 5) is 23.3. The van der Waals surface area contributed by atoms with Crippen molar-refractivity contribution in [3.8, 4) is 0 Å². The van der Waals surface area contributed by atoms with Crippen LogP contribution in [0.15, 0.2) is 24.3 Å². The highest BCUT2D eigenvalue weighted by molar-refractivity contribution is 6.02. The number of nitrogens with one attached hydrogen (secondary N) is 1. The first-order valence-electron chi connectivity index (χ1n) is 12.8. The first-order valence-corrected chi connectivity index (χ1v) is 12.8. The summed E-state index contributed by atoms with van der Waals surface area (Å²) in [6.07, 6.45) is 6.40.